The fourth-order valence-corrected chi connectivity index (χ4v) is 2.99. The van der Waals surface area contributed by atoms with E-state index in [1.165, 1.54) is 24.9 Å². The molecule has 0 amide bonds. The predicted octanol–water partition coefficient (Wildman–Crippen LogP) is 2.82. The van der Waals surface area contributed by atoms with Crippen LogP contribution in [0.2, 0.25) is 0 Å². The van der Waals surface area contributed by atoms with Crippen molar-refractivity contribution >= 4 is 0 Å². The first-order chi connectivity index (χ1) is 9.30. The molecule has 19 heavy (non-hydrogen) atoms. The third-order valence-corrected chi connectivity index (χ3v) is 4.14. The number of nitrogens with zero attached hydrogens (tertiary/aromatic N) is 1. The first-order valence-corrected chi connectivity index (χ1v) is 7.45. The Balaban J connectivity index is 2.17. The van der Waals surface area contributed by atoms with Gasteiger partial charge in [-0.15, -0.1) is 0 Å². The van der Waals surface area contributed by atoms with Gasteiger partial charge in [-0.2, -0.15) is 0 Å². The number of hydrogen-bond donors (Lipinski definition) is 1. The lowest BCUT2D eigenvalue weighted by atomic mass is 10.0. The highest BCUT2D eigenvalue weighted by atomic mass is 16.5. The molecule has 1 aromatic rings. The number of ether oxygens (including phenoxy) is 1. The molecule has 0 aliphatic carbocycles. The Labute approximate surface area is 116 Å². The molecule has 0 bridgehead atoms. The maximum absolute atomic E-state index is 6.04. The van der Waals surface area contributed by atoms with Crippen molar-refractivity contribution in [2.75, 3.05) is 26.2 Å². The smallest absolute Gasteiger partial charge is 0.124 e. The van der Waals surface area contributed by atoms with Crippen LogP contribution in [0.25, 0.3) is 0 Å². The van der Waals surface area contributed by atoms with Crippen molar-refractivity contribution in [2.24, 2.45) is 11.7 Å². The summed E-state index contributed by atoms with van der Waals surface area (Å²) >= 11 is 0. The summed E-state index contributed by atoms with van der Waals surface area (Å²) in [6.45, 7) is 7.98. The van der Waals surface area contributed by atoms with E-state index in [9.17, 15) is 0 Å². The molecule has 3 heteroatoms. The van der Waals surface area contributed by atoms with Gasteiger partial charge in [-0.3, -0.25) is 4.90 Å². The van der Waals surface area contributed by atoms with Crippen LogP contribution in [0.3, 0.4) is 0 Å². The second-order valence-corrected chi connectivity index (χ2v) is 5.28. The van der Waals surface area contributed by atoms with E-state index in [2.05, 4.69) is 30.0 Å². The molecular weight excluding hydrogens is 236 g/mol. The van der Waals surface area contributed by atoms with Gasteiger partial charge in [-0.1, -0.05) is 31.5 Å². The molecule has 1 aliphatic heterocycles. The van der Waals surface area contributed by atoms with E-state index in [4.69, 9.17) is 10.5 Å². The molecule has 3 nitrogen and oxygen atoms in total. The average Bonchev–Trinajstić information content (AvgIpc) is 2.91. The van der Waals surface area contributed by atoms with E-state index in [-0.39, 0.29) is 0 Å². The number of likely N-dealkylation sites (tertiary alicyclic amines) is 1. The van der Waals surface area contributed by atoms with Crippen LogP contribution in [0.5, 0.6) is 5.75 Å². The number of para-hydroxylation sites is 1. The highest BCUT2D eigenvalue weighted by Gasteiger charge is 2.28. The van der Waals surface area contributed by atoms with Gasteiger partial charge in [0.15, 0.2) is 0 Å². The van der Waals surface area contributed by atoms with Crippen molar-refractivity contribution in [3.8, 4) is 5.75 Å². The summed E-state index contributed by atoms with van der Waals surface area (Å²) in [5, 5.41) is 0. The SMILES string of the molecule is CCOc1ccccc1C(CN)N1CCC(CC)C1. The summed E-state index contributed by atoms with van der Waals surface area (Å²) in [5.41, 5.74) is 7.28. The molecule has 1 aromatic carbocycles. The van der Waals surface area contributed by atoms with Gasteiger partial charge in [-0.05, 0) is 31.9 Å². The molecule has 2 N–H and O–H groups in total. The van der Waals surface area contributed by atoms with Gasteiger partial charge < -0.3 is 10.5 Å². The summed E-state index contributed by atoms with van der Waals surface area (Å²) in [6, 6.07) is 8.60. The Bertz CT molecular complexity index is 394. The zero-order valence-corrected chi connectivity index (χ0v) is 12.1. The number of benzene rings is 1. The molecule has 2 atom stereocenters. The van der Waals surface area contributed by atoms with Crippen molar-refractivity contribution in [1.29, 1.82) is 0 Å². The molecule has 0 saturated carbocycles. The van der Waals surface area contributed by atoms with Crippen molar-refractivity contribution < 1.29 is 4.74 Å². The van der Waals surface area contributed by atoms with Gasteiger partial charge in [-0.25, -0.2) is 0 Å². The van der Waals surface area contributed by atoms with Gasteiger partial charge in [0.1, 0.15) is 5.75 Å². The second kappa shape index (κ2) is 6.92. The topological polar surface area (TPSA) is 38.5 Å². The van der Waals surface area contributed by atoms with Crippen molar-refractivity contribution in [3.05, 3.63) is 29.8 Å². The van der Waals surface area contributed by atoms with Crippen LogP contribution in [0.4, 0.5) is 0 Å². The molecule has 106 valence electrons. The van der Waals surface area contributed by atoms with Crippen LogP contribution >= 0.6 is 0 Å². The largest absolute Gasteiger partial charge is 0.494 e. The summed E-state index contributed by atoms with van der Waals surface area (Å²) in [5.74, 6) is 1.81. The fraction of sp³-hybridized carbons (Fsp3) is 0.625. The Hall–Kier alpha value is -1.06. The van der Waals surface area contributed by atoms with E-state index in [0.717, 1.165) is 18.2 Å². The maximum Gasteiger partial charge on any atom is 0.124 e. The van der Waals surface area contributed by atoms with Gasteiger partial charge in [0, 0.05) is 18.7 Å². The molecular formula is C16H26N2O. The summed E-state index contributed by atoms with van der Waals surface area (Å²) in [7, 11) is 0. The molecule has 1 saturated heterocycles. The van der Waals surface area contributed by atoms with Crippen LogP contribution in [-0.2, 0) is 0 Å². The van der Waals surface area contributed by atoms with E-state index in [1.807, 2.05) is 13.0 Å². The number of rotatable bonds is 6. The average molecular weight is 262 g/mol. The minimum absolute atomic E-state index is 0.291. The van der Waals surface area contributed by atoms with E-state index in [1.54, 1.807) is 0 Å². The maximum atomic E-state index is 6.04. The first-order valence-electron chi connectivity index (χ1n) is 7.45. The van der Waals surface area contributed by atoms with E-state index in [0.29, 0.717) is 19.2 Å². The quantitative estimate of drug-likeness (QED) is 0.856. The molecule has 1 aliphatic rings. The van der Waals surface area contributed by atoms with Crippen molar-refractivity contribution in [2.45, 2.75) is 32.7 Å². The zero-order chi connectivity index (χ0) is 13.7. The van der Waals surface area contributed by atoms with Gasteiger partial charge in [0.05, 0.1) is 12.6 Å². The van der Waals surface area contributed by atoms with Gasteiger partial charge in [0.2, 0.25) is 0 Å². The molecule has 0 spiro atoms. The molecule has 1 heterocycles. The summed E-state index contributed by atoms with van der Waals surface area (Å²) < 4.78 is 5.75. The molecule has 1 fully saturated rings. The first kappa shape index (κ1) is 14.4. The number of hydrogen-bond acceptors (Lipinski definition) is 3. The lowest BCUT2D eigenvalue weighted by molar-refractivity contribution is 0.232. The predicted molar refractivity (Wildman–Crippen MR) is 79.4 cm³/mol. The highest BCUT2D eigenvalue weighted by Crippen LogP contribution is 2.33. The molecule has 2 unspecified atom stereocenters. The fourth-order valence-electron chi connectivity index (χ4n) is 2.99. The summed E-state index contributed by atoms with van der Waals surface area (Å²) in [6.07, 6.45) is 2.56. The highest BCUT2D eigenvalue weighted by molar-refractivity contribution is 5.36. The monoisotopic (exact) mass is 262 g/mol. The third-order valence-electron chi connectivity index (χ3n) is 4.14. The van der Waals surface area contributed by atoms with Crippen molar-refractivity contribution in [1.82, 2.24) is 4.90 Å². The van der Waals surface area contributed by atoms with Gasteiger partial charge in [0.25, 0.3) is 0 Å². The minimum atomic E-state index is 0.291. The Morgan fingerprint density at radius 3 is 2.79 bits per heavy atom. The third kappa shape index (κ3) is 3.28. The van der Waals surface area contributed by atoms with Crippen LogP contribution in [0.15, 0.2) is 24.3 Å². The van der Waals surface area contributed by atoms with Crippen LogP contribution in [-0.4, -0.2) is 31.1 Å². The Morgan fingerprint density at radius 2 is 2.16 bits per heavy atom. The lowest BCUT2D eigenvalue weighted by Gasteiger charge is -2.28. The zero-order valence-electron chi connectivity index (χ0n) is 12.1. The van der Waals surface area contributed by atoms with Crippen molar-refractivity contribution in [3.63, 3.8) is 0 Å². The normalized spacial score (nSPS) is 21.5. The molecule has 2 rings (SSSR count). The minimum Gasteiger partial charge on any atom is -0.494 e. The lowest BCUT2D eigenvalue weighted by Crippen LogP contribution is -2.32. The molecule has 0 radical (unpaired) electrons. The van der Waals surface area contributed by atoms with Crippen LogP contribution in [0.1, 0.15) is 38.3 Å². The standard InChI is InChI=1S/C16H26N2O/c1-3-13-9-10-18(12-13)15(11-17)14-7-5-6-8-16(14)19-4-2/h5-8,13,15H,3-4,9-12,17H2,1-2H3. The van der Waals surface area contributed by atoms with Gasteiger partial charge >= 0.3 is 0 Å². The molecule has 0 aromatic heterocycles. The van der Waals surface area contributed by atoms with E-state index < -0.39 is 0 Å². The van der Waals surface area contributed by atoms with E-state index >= 15 is 0 Å². The Kier molecular flexibility index (Phi) is 5.23. The van der Waals surface area contributed by atoms with Crippen LogP contribution < -0.4 is 10.5 Å². The Morgan fingerprint density at radius 1 is 1.37 bits per heavy atom. The number of nitrogens with two attached hydrogens (primary N) is 1. The van der Waals surface area contributed by atoms with Crippen LogP contribution in [0, 0.1) is 5.92 Å². The second-order valence-electron chi connectivity index (χ2n) is 5.28. The summed E-state index contributed by atoms with van der Waals surface area (Å²) in [4.78, 5) is 2.52.